The van der Waals surface area contributed by atoms with Crippen molar-refractivity contribution in [3.63, 3.8) is 0 Å². The van der Waals surface area contributed by atoms with Crippen LogP contribution < -0.4 is 15.4 Å². The van der Waals surface area contributed by atoms with Crippen LogP contribution in [-0.4, -0.2) is 34.9 Å². The zero-order valence-corrected chi connectivity index (χ0v) is 18.3. The Morgan fingerprint density at radius 3 is 2.69 bits per heavy atom. The average Bonchev–Trinajstić information content (AvgIpc) is 3.25. The summed E-state index contributed by atoms with van der Waals surface area (Å²) in [6.07, 6.45) is 4.00. The Labute approximate surface area is 189 Å². The summed E-state index contributed by atoms with van der Waals surface area (Å²) in [6, 6.07) is 20.3. The molecule has 2 N–H and O–H groups in total. The maximum Gasteiger partial charge on any atom is 0.257 e. The average molecular weight is 447 g/mol. The van der Waals surface area contributed by atoms with Crippen molar-refractivity contribution in [1.82, 2.24) is 14.7 Å². The van der Waals surface area contributed by atoms with E-state index in [-0.39, 0.29) is 18.4 Å². The highest BCUT2D eigenvalue weighted by Crippen LogP contribution is 2.24. The van der Waals surface area contributed by atoms with Gasteiger partial charge in [0.2, 0.25) is 0 Å². The molecule has 8 heteroatoms. The lowest BCUT2D eigenvalue weighted by molar-refractivity contribution is -0.122. The minimum Gasteiger partial charge on any atom is -0.484 e. The SMILES string of the molecule is CNC(=O)COc1cccc(NC(=O)c2ccc(SCc3cn4ccccc4n3)cc2)c1. The summed E-state index contributed by atoms with van der Waals surface area (Å²) in [5, 5.41) is 5.35. The Bertz CT molecular complexity index is 1200. The Morgan fingerprint density at radius 1 is 1.06 bits per heavy atom. The molecular weight excluding hydrogens is 424 g/mol. The molecule has 0 bridgehead atoms. The fourth-order valence-corrected chi connectivity index (χ4v) is 3.79. The Hall–Kier alpha value is -3.78. The smallest absolute Gasteiger partial charge is 0.257 e. The predicted molar refractivity (Wildman–Crippen MR) is 125 cm³/mol. The van der Waals surface area contributed by atoms with Gasteiger partial charge in [0, 0.05) is 47.4 Å². The molecule has 0 aliphatic rings. The number of imidazole rings is 1. The molecule has 2 aromatic carbocycles. The standard InChI is InChI=1S/C24H22N4O3S/c1-25-23(29)15-31-20-6-4-5-18(13-20)27-24(30)17-8-10-21(11-9-17)32-16-19-14-28-12-3-2-7-22(28)26-19/h2-14H,15-16H2,1H3,(H,25,29)(H,27,30). The maximum atomic E-state index is 12.6. The Kier molecular flexibility index (Phi) is 6.72. The van der Waals surface area contributed by atoms with Crippen molar-refractivity contribution in [2.45, 2.75) is 10.6 Å². The van der Waals surface area contributed by atoms with Gasteiger partial charge >= 0.3 is 0 Å². The van der Waals surface area contributed by atoms with Crippen LogP contribution in [0.5, 0.6) is 5.75 Å². The van der Waals surface area contributed by atoms with Crippen molar-refractivity contribution < 1.29 is 14.3 Å². The number of ether oxygens (including phenoxy) is 1. The number of nitrogens with one attached hydrogen (secondary N) is 2. The first-order valence-electron chi connectivity index (χ1n) is 10.0. The molecule has 0 fully saturated rings. The molecule has 0 atom stereocenters. The Morgan fingerprint density at radius 2 is 1.91 bits per heavy atom. The summed E-state index contributed by atoms with van der Waals surface area (Å²) in [6.45, 7) is -0.0814. The first kappa shape index (κ1) is 21.5. The zero-order valence-electron chi connectivity index (χ0n) is 17.4. The number of pyridine rings is 1. The second-order valence-electron chi connectivity index (χ2n) is 6.96. The number of amides is 2. The molecule has 0 aliphatic heterocycles. The fraction of sp³-hybridized carbons (Fsp3) is 0.125. The van der Waals surface area contributed by atoms with Crippen LogP contribution in [0.2, 0.25) is 0 Å². The number of benzene rings is 2. The van der Waals surface area contributed by atoms with Crippen molar-refractivity contribution in [3.8, 4) is 5.75 Å². The van der Waals surface area contributed by atoms with E-state index in [0.29, 0.717) is 17.0 Å². The van der Waals surface area contributed by atoms with Crippen molar-refractivity contribution >= 4 is 34.9 Å². The van der Waals surface area contributed by atoms with Crippen LogP contribution in [0, 0.1) is 0 Å². The van der Waals surface area contributed by atoms with E-state index in [9.17, 15) is 9.59 Å². The largest absolute Gasteiger partial charge is 0.484 e. The minimum atomic E-state index is -0.224. The topological polar surface area (TPSA) is 84.7 Å². The van der Waals surface area contributed by atoms with Crippen LogP contribution in [-0.2, 0) is 10.5 Å². The molecule has 0 spiro atoms. The molecular formula is C24H22N4O3S. The number of carbonyl (C=O) groups is 2. The summed E-state index contributed by atoms with van der Waals surface area (Å²) in [7, 11) is 1.55. The predicted octanol–water partition coefficient (Wildman–Crippen LogP) is 4.00. The lowest BCUT2D eigenvalue weighted by Crippen LogP contribution is -2.24. The lowest BCUT2D eigenvalue weighted by Gasteiger charge is -2.09. The van der Waals surface area contributed by atoms with Crippen molar-refractivity contribution in [2.75, 3.05) is 19.0 Å². The van der Waals surface area contributed by atoms with Gasteiger partial charge in [0.1, 0.15) is 11.4 Å². The van der Waals surface area contributed by atoms with E-state index in [4.69, 9.17) is 4.74 Å². The normalized spacial score (nSPS) is 10.7. The van der Waals surface area contributed by atoms with Crippen molar-refractivity contribution in [2.24, 2.45) is 0 Å². The quantitative estimate of drug-likeness (QED) is 0.400. The zero-order chi connectivity index (χ0) is 22.3. The monoisotopic (exact) mass is 446 g/mol. The molecule has 2 amide bonds. The van der Waals surface area contributed by atoms with Crippen LogP contribution in [0.25, 0.3) is 5.65 Å². The number of aromatic nitrogens is 2. The van der Waals surface area contributed by atoms with E-state index in [1.54, 1.807) is 55.2 Å². The lowest BCUT2D eigenvalue weighted by atomic mass is 10.2. The number of hydrogen-bond acceptors (Lipinski definition) is 5. The highest BCUT2D eigenvalue weighted by molar-refractivity contribution is 7.98. The van der Waals surface area contributed by atoms with Gasteiger partial charge < -0.3 is 19.8 Å². The summed E-state index contributed by atoms with van der Waals surface area (Å²) in [5.41, 5.74) is 3.08. The molecule has 0 unspecified atom stereocenters. The van der Waals surface area contributed by atoms with Gasteiger partial charge in [-0.1, -0.05) is 12.1 Å². The van der Waals surface area contributed by atoms with Gasteiger partial charge in [0.05, 0.1) is 5.69 Å². The van der Waals surface area contributed by atoms with Gasteiger partial charge in [0.25, 0.3) is 11.8 Å². The molecule has 4 aromatic rings. The van der Waals surface area contributed by atoms with E-state index < -0.39 is 0 Å². The molecule has 4 rings (SSSR count). The number of anilines is 1. The second-order valence-corrected chi connectivity index (χ2v) is 8.00. The number of carbonyl (C=O) groups excluding carboxylic acids is 2. The molecule has 32 heavy (non-hydrogen) atoms. The summed E-state index contributed by atoms with van der Waals surface area (Å²) in [4.78, 5) is 29.6. The Balaban J connectivity index is 1.33. The molecule has 7 nitrogen and oxygen atoms in total. The number of fused-ring (bicyclic) bond motifs is 1. The number of thioether (sulfide) groups is 1. The van der Waals surface area contributed by atoms with Crippen LogP contribution in [0.15, 0.2) is 84.0 Å². The van der Waals surface area contributed by atoms with Crippen LogP contribution in [0.1, 0.15) is 16.1 Å². The molecule has 0 saturated carbocycles. The molecule has 0 radical (unpaired) electrons. The van der Waals surface area contributed by atoms with E-state index in [0.717, 1.165) is 22.0 Å². The van der Waals surface area contributed by atoms with Gasteiger partial charge in [0.15, 0.2) is 6.61 Å². The third kappa shape index (κ3) is 5.47. The van der Waals surface area contributed by atoms with Gasteiger partial charge in [-0.25, -0.2) is 4.98 Å². The first-order chi connectivity index (χ1) is 15.6. The molecule has 162 valence electrons. The van der Waals surface area contributed by atoms with Crippen molar-refractivity contribution in [1.29, 1.82) is 0 Å². The number of hydrogen-bond donors (Lipinski definition) is 2. The van der Waals surface area contributed by atoms with E-state index >= 15 is 0 Å². The fourth-order valence-electron chi connectivity index (χ4n) is 3.00. The van der Waals surface area contributed by atoms with Crippen molar-refractivity contribution in [3.05, 3.63) is 90.4 Å². The van der Waals surface area contributed by atoms with Crippen LogP contribution in [0.4, 0.5) is 5.69 Å². The van der Waals surface area contributed by atoms with Gasteiger partial charge in [-0.05, 0) is 48.5 Å². The molecule has 2 heterocycles. The number of likely N-dealkylation sites (N-methyl/N-ethyl adjacent to an activating group) is 1. The first-order valence-corrected chi connectivity index (χ1v) is 11.0. The summed E-state index contributed by atoms with van der Waals surface area (Å²) < 4.78 is 7.41. The van der Waals surface area contributed by atoms with Gasteiger partial charge in [-0.2, -0.15) is 0 Å². The maximum absolute atomic E-state index is 12.6. The van der Waals surface area contributed by atoms with Gasteiger partial charge in [-0.3, -0.25) is 9.59 Å². The molecule has 2 aromatic heterocycles. The highest BCUT2D eigenvalue weighted by atomic mass is 32.2. The number of nitrogens with zero attached hydrogens (tertiary/aromatic N) is 2. The highest BCUT2D eigenvalue weighted by Gasteiger charge is 2.08. The minimum absolute atomic E-state index is 0.0814. The second kappa shape index (κ2) is 10.0. The molecule has 0 saturated heterocycles. The summed E-state index contributed by atoms with van der Waals surface area (Å²) >= 11 is 1.67. The summed E-state index contributed by atoms with van der Waals surface area (Å²) in [5.74, 6) is 0.810. The van der Waals surface area contributed by atoms with E-state index in [2.05, 4.69) is 15.6 Å². The molecule has 0 aliphatic carbocycles. The number of rotatable bonds is 8. The third-order valence-electron chi connectivity index (χ3n) is 4.66. The van der Waals surface area contributed by atoms with Gasteiger partial charge in [-0.15, -0.1) is 11.8 Å². The van der Waals surface area contributed by atoms with Crippen LogP contribution in [0.3, 0.4) is 0 Å². The van der Waals surface area contributed by atoms with E-state index in [1.165, 1.54) is 0 Å². The van der Waals surface area contributed by atoms with E-state index in [1.807, 2.05) is 47.1 Å². The third-order valence-corrected chi connectivity index (χ3v) is 5.70. The van der Waals surface area contributed by atoms with Crippen LogP contribution >= 0.6 is 11.8 Å².